The van der Waals surface area contributed by atoms with Gasteiger partial charge in [-0.1, -0.05) is 0 Å². The van der Waals surface area contributed by atoms with E-state index in [9.17, 15) is 22.8 Å². The molecule has 2 amide bonds. The molecule has 0 radical (unpaired) electrons. The number of amides is 2. The summed E-state index contributed by atoms with van der Waals surface area (Å²) in [6, 6.07) is 8.13. The molecule has 2 N–H and O–H groups in total. The average molecular weight is 489 g/mol. The van der Waals surface area contributed by atoms with Gasteiger partial charge in [0.1, 0.15) is 11.6 Å². The molecule has 2 atom stereocenters. The summed E-state index contributed by atoms with van der Waals surface area (Å²) >= 11 is 0. The van der Waals surface area contributed by atoms with E-state index in [4.69, 9.17) is 9.15 Å². The number of furan rings is 1. The quantitative estimate of drug-likeness (QED) is 0.577. The van der Waals surface area contributed by atoms with E-state index in [-0.39, 0.29) is 23.8 Å². The second-order valence-electron chi connectivity index (χ2n) is 8.30. The molecule has 0 bridgehead atoms. The normalized spacial score (nSPS) is 20.1. The smallest absolute Gasteiger partial charge is 0.410 e. The molecule has 2 aliphatic rings. The highest BCUT2D eigenvalue weighted by Gasteiger charge is 2.47. The Morgan fingerprint density at radius 1 is 1.11 bits per heavy atom. The fourth-order valence-corrected chi connectivity index (χ4v) is 4.20. The number of hydrogen-bond acceptors (Lipinski definition) is 6. The summed E-state index contributed by atoms with van der Waals surface area (Å²) in [5.41, 5.74) is 0.673. The van der Waals surface area contributed by atoms with E-state index in [2.05, 4.69) is 15.7 Å². The molecule has 4 heterocycles. The Hall–Kier alpha value is -3.80. The molecule has 2 aromatic heterocycles. The summed E-state index contributed by atoms with van der Waals surface area (Å²) in [5.74, 6) is -0.374. The first-order valence-corrected chi connectivity index (χ1v) is 11.0. The van der Waals surface area contributed by atoms with Gasteiger partial charge in [-0.15, -0.1) is 0 Å². The minimum atomic E-state index is -4.57. The van der Waals surface area contributed by atoms with Gasteiger partial charge in [0.25, 0.3) is 11.8 Å². The number of morpholine rings is 1. The standard InChI is InChI=1S/C23H22F3N5O4/c24-23(25,26)19-12-16(18-2-1-9-35-18)28-20-13-17(29-31(19)20)21(32)27-15-5-3-14(4-6-15)22(33)30-7-10-34-11-8-30/h1-6,9,13,16,19,28H,7-8,10-12H2,(H,27,32). The molecule has 3 aromatic rings. The number of halogens is 3. The van der Waals surface area contributed by atoms with Gasteiger partial charge in [0.05, 0.1) is 25.5 Å². The molecular formula is C23H22F3N5O4. The molecule has 12 heteroatoms. The average Bonchev–Trinajstić information content (AvgIpc) is 3.53. The number of alkyl halides is 3. The first-order valence-electron chi connectivity index (χ1n) is 11.0. The largest absolute Gasteiger partial charge is 0.467 e. The van der Waals surface area contributed by atoms with Crippen molar-refractivity contribution in [1.29, 1.82) is 0 Å². The predicted molar refractivity (Wildman–Crippen MR) is 118 cm³/mol. The number of aromatic nitrogens is 2. The summed E-state index contributed by atoms with van der Waals surface area (Å²) in [6.45, 7) is 1.99. The zero-order chi connectivity index (χ0) is 24.6. The fraction of sp³-hybridized carbons (Fsp3) is 0.348. The molecule has 0 saturated carbocycles. The third kappa shape index (κ3) is 4.74. The third-order valence-corrected chi connectivity index (χ3v) is 6.00. The molecule has 1 aromatic carbocycles. The number of rotatable bonds is 4. The molecule has 2 aliphatic heterocycles. The van der Waals surface area contributed by atoms with E-state index in [1.807, 2.05) is 0 Å². The van der Waals surface area contributed by atoms with Gasteiger partial charge in [0, 0.05) is 36.8 Å². The van der Waals surface area contributed by atoms with Gasteiger partial charge < -0.3 is 24.7 Å². The molecule has 9 nitrogen and oxygen atoms in total. The van der Waals surface area contributed by atoms with Crippen LogP contribution in [0.3, 0.4) is 0 Å². The first kappa shape index (κ1) is 23.0. The monoisotopic (exact) mass is 489 g/mol. The van der Waals surface area contributed by atoms with Crippen molar-refractivity contribution in [3.05, 3.63) is 65.7 Å². The Morgan fingerprint density at radius 3 is 2.51 bits per heavy atom. The molecule has 184 valence electrons. The lowest BCUT2D eigenvalue weighted by Gasteiger charge is -2.32. The van der Waals surface area contributed by atoms with Crippen LogP contribution in [-0.4, -0.2) is 59.0 Å². The Morgan fingerprint density at radius 2 is 1.86 bits per heavy atom. The van der Waals surface area contributed by atoms with Crippen LogP contribution in [0.2, 0.25) is 0 Å². The Balaban J connectivity index is 1.31. The van der Waals surface area contributed by atoms with Crippen LogP contribution in [0.15, 0.2) is 53.1 Å². The summed E-state index contributed by atoms with van der Waals surface area (Å²) < 4.78 is 52.6. The number of carbonyl (C=O) groups excluding carboxylic acids is 2. The van der Waals surface area contributed by atoms with Crippen LogP contribution >= 0.6 is 0 Å². The van der Waals surface area contributed by atoms with Crippen molar-refractivity contribution in [3.8, 4) is 0 Å². The van der Waals surface area contributed by atoms with Crippen LogP contribution in [0, 0.1) is 0 Å². The van der Waals surface area contributed by atoms with Crippen LogP contribution < -0.4 is 10.6 Å². The van der Waals surface area contributed by atoms with E-state index < -0.39 is 24.2 Å². The molecule has 35 heavy (non-hydrogen) atoms. The lowest BCUT2D eigenvalue weighted by Crippen LogP contribution is -2.40. The minimum absolute atomic E-state index is 0.0663. The summed E-state index contributed by atoms with van der Waals surface area (Å²) in [5, 5.41) is 9.52. The molecular weight excluding hydrogens is 467 g/mol. The molecule has 5 rings (SSSR count). The Kier molecular flexibility index (Phi) is 5.97. The lowest BCUT2D eigenvalue weighted by atomic mass is 10.0. The molecule has 0 spiro atoms. The summed E-state index contributed by atoms with van der Waals surface area (Å²) in [7, 11) is 0. The van der Waals surface area contributed by atoms with Gasteiger partial charge in [-0.2, -0.15) is 18.3 Å². The maximum absolute atomic E-state index is 13.8. The second-order valence-corrected chi connectivity index (χ2v) is 8.30. The van der Waals surface area contributed by atoms with Crippen molar-refractivity contribution < 1.29 is 31.9 Å². The molecule has 1 fully saturated rings. The van der Waals surface area contributed by atoms with Crippen molar-refractivity contribution in [2.24, 2.45) is 0 Å². The fourth-order valence-electron chi connectivity index (χ4n) is 4.20. The van der Waals surface area contributed by atoms with Crippen molar-refractivity contribution in [2.75, 3.05) is 36.9 Å². The molecule has 0 aliphatic carbocycles. The maximum Gasteiger partial charge on any atom is 0.410 e. The number of fused-ring (bicyclic) bond motifs is 1. The summed E-state index contributed by atoms with van der Waals surface area (Å²) in [4.78, 5) is 27.0. The number of hydrogen-bond donors (Lipinski definition) is 2. The van der Waals surface area contributed by atoms with E-state index in [0.29, 0.717) is 43.3 Å². The van der Waals surface area contributed by atoms with Gasteiger partial charge >= 0.3 is 6.18 Å². The number of anilines is 2. The van der Waals surface area contributed by atoms with E-state index in [1.165, 1.54) is 12.3 Å². The molecule has 2 unspecified atom stereocenters. The SMILES string of the molecule is O=C(Nc1ccc(C(=O)N2CCOCC2)cc1)c1cc2n(n1)C(C(F)(F)F)CC(c1ccco1)N2. The highest BCUT2D eigenvalue weighted by atomic mass is 19.4. The maximum atomic E-state index is 13.8. The van der Waals surface area contributed by atoms with Crippen LogP contribution in [0.4, 0.5) is 24.7 Å². The number of ether oxygens (including phenoxy) is 1. The number of carbonyl (C=O) groups is 2. The Labute approximate surface area is 197 Å². The van der Waals surface area contributed by atoms with Crippen LogP contribution in [0.5, 0.6) is 0 Å². The van der Waals surface area contributed by atoms with Crippen molar-refractivity contribution >= 4 is 23.3 Å². The van der Waals surface area contributed by atoms with Gasteiger partial charge in [-0.05, 0) is 36.4 Å². The van der Waals surface area contributed by atoms with Crippen LogP contribution in [0.25, 0.3) is 0 Å². The van der Waals surface area contributed by atoms with Gasteiger partial charge in [-0.3, -0.25) is 9.59 Å². The van der Waals surface area contributed by atoms with Crippen molar-refractivity contribution in [2.45, 2.75) is 24.7 Å². The number of nitrogens with one attached hydrogen (secondary N) is 2. The lowest BCUT2D eigenvalue weighted by molar-refractivity contribution is -0.174. The zero-order valence-corrected chi connectivity index (χ0v) is 18.4. The van der Waals surface area contributed by atoms with Crippen molar-refractivity contribution in [1.82, 2.24) is 14.7 Å². The second kappa shape index (κ2) is 9.10. The Bertz CT molecular complexity index is 1200. The van der Waals surface area contributed by atoms with Gasteiger partial charge in [0.2, 0.25) is 0 Å². The van der Waals surface area contributed by atoms with Crippen molar-refractivity contribution in [3.63, 3.8) is 0 Å². The van der Waals surface area contributed by atoms with E-state index in [0.717, 1.165) is 4.68 Å². The highest BCUT2D eigenvalue weighted by Crippen LogP contribution is 2.43. The summed E-state index contributed by atoms with van der Waals surface area (Å²) in [6.07, 6.45) is -3.50. The van der Waals surface area contributed by atoms with Crippen LogP contribution in [0.1, 0.15) is 45.1 Å². The number of nitrogens with zero attached hydrogens (tertiary/aromatic N) is 3. The number of benzene rings is 1. The van der Waals surface area contributed by atoms with Gasteiger partial charge in [-0.25, -0.2) is 4.68 Å². The highest BCUT2D eigenvalue weighted by molar-refractivity contribution is 6.03. The minimum Gasteiger partial charge on any atom is -0.467 e. The van der Waals surface area contributed by atoms with Crippen LogP contribution in [-0.2, 0) is 4.74 Å². The van der Waals surface area contributed by atoms with Gasteiger partial charge in [0.15, 0.2) is 11.7 Å². The molecule has 1 saturated heterocycles. The third-order valence-electron chi connectivity index (χ3n) is 6.00. The topological polar surface area (TPSA) is 102 Å². The first-order chi connectivity index (χ1) is 16.8. The zero-order valence-electron chi connectivity index (χ0n) is 18.4. The van der Waals surface area contributed by atoms with E-state index in [1.54, 1.807) is 41.3 Å². The predicted octanol–water partition coefficient (Wildman–Crippen LogP) is 3.86. The van der Waals surface area contributed by atoms with E-state index >= 15 is 0 Å².